The van der Waals surface area contributed by atoms with Gasteiger partial charge in [0.05, 0.1) is 33.8 Å². The lowest BCUT2D eigenvalue weighted by Crippen LogP contribution is -2.46. The molecule has 0 aliphatic rings. The van der Waals surface area contributed by atoms with E-state index in [-0.39, 0.29) is 0 Å². The monoisotopic (exact) mass is 353 g/mol. The van der Waals surface area contributed by atoms with Gasteiger partial charge in [-0.3, -0.25) is 4.18 Å². The van der Waals surface area contributed by atoms with Crippen LogP contribution in [0.2, 0.25) is 0 Å². The summed E-state index contributed by atoms with van der Waals surface area (Å²) in [4.78, 5) is 0. The molecule has 23 heavy (non-hydrogen) atoms. The highest BCUT2D eigenvalue weighted by atomic mass is 32.3. The molecular formula is C17H39NO4S. The van der Waals surface area contributed by atoms with Gasteiger partial charge in [-0.05, 0) is 38.5 Å². The Bertz CT molecular complexity index is 318. The van der Waals surface area contributed by atoms with Gasteiger partial charge < -0.3 is 9.04 Å². The number of rotatable bonds is 13. The zero-order valence-electron chi connectivity index (χ0n) is 16.0. The number of hydrogen-bond acceptors (Lipinski definition) is 4. The van der Waals surface area contributed by atoms with Crippen molar-refractivity contribution in [3.05, 3.63) is 0 Å². The van der Waals surface area contributed by atoms with Gasteiger partial charge in [-0.2, -0.15) is 0 Å². The number of nitrogens with zero attached hydrogens (tertiary/aromatic N) is 1. The molecule has 0 saturated carbocycles. The Kier molecular flexibility index (Phi) is 16.7. The summed E-state index contributed by atoms with van der Waals surface area (Å²) in [7, 11) is -1.12. The van der Waals surface area contributed by atoms with E-state index in [9.17, 15) is 13.0 Å². The lowest BCUT2D eigenvalue weighted by atomic mass is 10.1. The summed E-state index contributed by atoms with van der Waals surface area (Å²) in [5, 5.41) is 0. The van der Waals surface area contributed by atoms with Gasteiger partial charge in [0.15, 0.2) is 0 Å². The van der Waals surface area contributed by atoms with Crippen LogP contribution in [0.5, 0.6) is 0 Å². The predicted molar refractivity (Wildman–Crippen MR) is 96.1 cm³/mol. The van der Waals surface area contributed by atoms with Crippen LogP contribution in [0.15, 0.2) is 0 Å². The maximum atomic E-state index is 9.22. The number of unbranched alkanes of at least 4 members (excludes halogenated alkanes) is 6. The highest BCUT2D eigenvalue weighted by Crippen LogP contribution is 2.13. The molecule has 0 heterocycles. The molecule has 0 rings (SSSR count). The molecule has 0 fully saturated rings. The topological polar surface area (TPSA) is 66.4 Å². The molecule has 5 nitrogen and oxygen atoms in total. The Morgan fingerprint density at radius 3 is 1.22 bits per heavy atom. The predicted octanol–water partition coefficient (Wildman–Crippen LogP) is 4.10. The molecule has 0 radical (unpaired) electrons. The van der Waals surface area contributed by atoms with Gasteiger partial charge in [0.2, 0.25) is 10.4 Å². The highest BCUT2D eigenvalue weighted by Gasteiger charge is 2.19. The van der Waals surface area contributed by atoms with Crippen molar-refractivity contribution < 1.29 is 21.6 Å². The molecule has 0 aromatic heterocycles. The Labute approximate surface area is 145 Å². The van der Waals surface area contributed by atoms with Gasteiger partial charge in [-0.1, -0.05) is 40.0 Å². The van der Waals surface area contributed by atoms with Crippen molar-refractivity contribution in [2.75, 3.05) is 33.8 Å². The highest BCUT2D eigenvalue weighted by molar-refractivity contribution is 7.80. The lowest BCUT2D eigenvalue weighted by Gasteiger charge is -2.35. The van der Waals surface area contributed by atoms with E-state index in [1.807, 2.05) is 0 Å². The zero-order chi connectivity index (χ0) is 18.2. The van der Waals surface area contributed by atoms with Crippen molar-refractivity contribution in [2.24, 2.45) is 0 Å². The fourth-order valence-corrected chi connectivity index (χ4v) is 2.57. The van der Waals surface area contributed by atoms with E-state index in [1.165, 1.54) is 81.9 Å². The van der Waals surface area contributed by atoms with Crippen molar-refractivity contribution in [3.8, 4) is 0 Å². The molecule has 0 aromatic rings. The van der Waals surface area contributed by atoms with Crippen LogP contribution in [-0.2, 0) is 14.6 Å². The minimum Gasteiger partial charge on any atom is -0.726 e. The van der Waals surface area contributed by atoms with E-state index in [1.54, 1.807) is 0 Å². The normalized spacial score (nSPS) is 11.9. The third-order valence-electron chi connectivity index (χ3n) is 4.11. The van der Waals surface area contributed by atoms with Gasteiger partial charge in [0.1, 0.15) is 0 Å². The molecule has 0 bridgehead atoms. The van der Waals surface area contributed by atoms with Crippen LogP contribution in [0.4, 0.5) is 0 Å². The maximum Gasteiger partial charge on any atom is 0.217 e. The first-order valence-corrected chi connectivity index (χ1v) is 10.4. The summed E-state index contributed by atoms with van der Waals surface area (Å²) in [5.41, 5.74) is 0. The minimum absolute atomic E-state index is 0.808. The summed E-state index contributed by atoms with van der Waals surface area (Å²) in [6.45, 7) is 11.1. The van der Waals surface area contributed by atoms with Crippen molar-refractivity contribution in [1.82, 2.24) is 0 Å². The van der Waals surface area contributed by atoms with E-state index >= 15 is 0 Å². The molecular weight excluding hydrogens is 314 g/mol. The second kappa shape index (κ2) is 15.4. The Morgan fingerprint density at radius 1 is 0.783 bits per heavy atom. The smallest absolute Gasteiger partial charge is 0.217 e. The van der Waals surface area contributed by atoms with Crippen molar-refractivity contribution in [2.45, 2.75) is 78.6 Å². The molecule has 0 atom stereocenters. The lowest BCUT2D eigenvalue weighted by molar-refractivity contribution is -0.910. The second-order valence-corrected chi connectivity index (χ2v) is 7.64. The van der Waals surface area contributed by atoms with E-state index in [2.05, 4.69) is 32.0 Å². The van der Waals surface area contributed by atoms with E-state index < -0.39 is 10.4 Å². The SMILES string of the molecule is CCCCC[N+](C)(CCCCC)CCCCC.COS(=O)(=O)[O-]. The Balaban J connectivity index is 0. The third kappa shape index (κ3) is 19.8. The van der Waals surface area contributed by atoms with Crippen LogP contribution >= 0.6 is 0 Å². The average molecular weight is 354 g/mol. The van der Waals surface area contributed by atoms with E-state index in [0.717, 1.165) is 7.11 Å². The van der Waals surface area contributed by atoms with Crippen molar-refractivity contribution in [3.63, 3.8) is 0 Å². The maximum absolute atomic E-state index is 9.22. The fraction of sp³-hybridized carbons (Fsp3) is 1.00. The Hall–Kier alpha value is -0.170. The summed E-state index contributed by atoms with van der Waals surface area (Å²) in [6.07, 6.45) is 12.6. The van der Waals surface area contributed by atoms with Crippen LogP contribution < -0.4 is 0 Å². The molecule has 6 heteroatoms. The number of hydrogen-bond donors (Lipinski definition) is 0. The first-order valence-electron chi connectivity index (χ1n) is 9.09. The molecule has 142 valence electrons. The molecule has 0 amide bonds. The van der Waals surface area contributed by atoms with Gasteiger partial charge in [-0.25, -0.2) is 8.42 Å². The van der Waals surface area contributed by atoms with E-state index in [0.29, 0.717) is 0 Å². The van der Waals surface area contributed by atoms with E-state index in [4.69, 9.17) is 0 Å². The molecule has 0 N–H and O–H groups in total. The fourth-order valence-electron chi connectivity index (χ4n) is 2.57. The molecule has 0 aliphatic heterocycles. The van der Waals surface area contributed by atoms with Gasteiger partial charge in [-0.15, -0.1) is 0 Å². The summed E-state index contributed by atoms with van der Waals surface area (Å²) >= 11 is 0. The van der Waals surface area contributed by atoms with Crippen molar-refractivity contribution >= 4 is 10.4 Å². The van der Waals surface area contributed by atoms with Gasteiger partial charge in [0.25, 0.3) is 0 Å². The van der Waals surface area contributed by atoms with Gasteiger partial charge >= 0.3 is 0 Å². The van der Waals surface area contributed by atoms with Crippen molar-refractivity contribution in [1.29, 1.82) is 0 Å². The second-order valence-electron chi connectivity index (χ2n) is 6.49. The first-order chi connectivity index (χ1) is 10.7. The first kappa shape index (κ1) is 25.1. The van der Waals surface area contributed by atoms with Gasteiger partial charge in [0, 0.05) is 0 Å². The summed E-state index contributed by atoms with van der Waals surface area (Å²) in [6, 6.07) is 0. The molecule has 0 spiro atoms. The molecule has 0 unspecified atom stereocenters. The summed E-state index contributed by atoms with van der Waals surface area (Å²) in [5.74, 6) is 0. The molecule has 0 aromatic carbocycles. The largest absolute Gasteiger partial charge is 0.726 e. The van der Waals surface area contributed by atoms with Crippen LogP contribution in [-0.4, -0.2) is 51.2 Å². The van der Waals surface area contributed by atoms with Crippen LogP contribution in [0, 0.1) is 0 Å². The third-order valence-corrected chi connectivity index (χ3v) is 4.52. The van der Waals surface area contributed by atoms with Crippen LogP contribution in [0.1, 0.15) is 78.6 Å². The van der Waals surface area contributed by atoms with Crippen LogP contribution in [0.3, 0.4) is 0 Å². The number of quaternary nitrogens is 1. The quantitative estimate of drug-likeness (QED) is 0.216. The molecule has 0 aliphatic carbocycles. The van der Waals surface area contributed by atoms with Crippen LogP contribution in [0.25, 0.3) is 0 Å². The average Bonchev–Trinajstić information content (AvgIpc) is 2.48. The standard InChI is InChI=1S/C16H36N.CH4O4S/c1-5-8-11-14-17(4,15-12-9-6-2)16-13-10-7-3;1-5-6(2,3)4/h5-16H2,1-4H3;1H3,(H,2,3,4)/q+1;/p-1. The Morgan fingerprint density at radius 2 is 1.04 bits per heavy atom. The minimum atomic E-state index is -4.41. The summed E-state index contributed by atoms with van der Waals surface area (Å²) < 4.78 is 32.4. The molecule has 0 saturated heterocycles. The zero-order valence-corrected chi connectivity index (χ0v) is 16.8.